The molecule has 2 aliphatic rings. The molecule has 0 spiro atoms. The maximum Gasteiger partial charge on any atom is 0.223 e. The largest absolute Gasteiger partial charge is 0.379 e. The average molecular weight is 390 g/mol. The lowest BCUT2D eigenvalue weighted by molar-refractivity contribution is -0.125. The Labute approximate surface area is 162 Å². The Bertz CT molecular complexity index is 502. The van der Waals surface area contributed by atoms with E-state index in [-0.39, 0.29) is 36.6 Å². The Balaban J connectivity index is 0.00000156. The first-order chi connectivity index (χ1) is 11.3. The van der Waals surface area contributed by atoms with Gasteiger partial charge in [0, 0.05) is 32.1 Å². The predicted molar refractivity (Wildman–Crippen MR) is 104 cm³/mol. The van der Waals surface area contributed by atoms with Gasteiger partial charge in [-0.25, -0.2) is 0 Å². The number of piperidine rings is 1. The second-order valence-corrected chi connectivity index (χ2v) is 6.45. The Morgan fingerprint density at radius 2 is 1.68 bits per heavy atom. The zero-order chi connectivity index (χ0) is 15.9. The van der Waals surface area contributed by atoms with Crippen molar-refractivity contribution in [3.05, 3.63) is 35.4 Å². The van der Waals surface area contributed by atoms with Gasteiger partial charge in [0.1, 0.15) is 0 Å². The fraction of sp³-hybridized carbons (Fsp3) is 0.611. The summed E-state index contributed by atoms with van der Waals surface area (Å²) in [5, 5.41) is 6.37. The van der Waals surface area contributed by atoms with Crippen LogP contribution in [0.2, 0.25) is 0 Å². The Morgan fingerprint density at radius 1 is 1.08 bits per heavy atom. The number of amides is 1. The molecule has 3 rings (SSSR count). The molecule has 1 aromatic carbocycles. The highest BCUT2D eigenvalue weighted by molar-refractivity contribution is 5.85. The van der Waals surface area contributed by atoms with Gasteiger partial charge < -0.3 is 15.4 Å². The van der Waals surface area contributed by atoms with Crippen molar-refractivity contribution in [2.45, 2.75) is 25.9 Å². The molecule has 2 saturated heterocycles. The lowest BCUT2D eigenvalue weighted by Gasteiger charge is -2.26. The van der Waals surface area contributed by atoms with E-state index in [0.29, 0.717) is 6.54 Å². The molecule has 7 heteroatoms. The third-order valence-corrected chi connectivity index (χ3v) is 4.71. The number of nitrogens with zero attached hydrogens (tertiary/aromatic N) is 1. The maximum absolute atomic E-state index is 12.1. The summed E-state index contributed by atoms with van der Waals surface area (Å²) in [5.41, 5.74) is 2.48. The highest BCUT2D eigenvalue weighted by atomic mass is 35.5. The SMILES string of the molecule is Cl.Cl.O=C(NCc1ccc(CN2CCOCC2)cc1)C1CCNCC1. The van der Waals surface area contributed by atoms with Gasteiger partial charge in [0.25, 0.3) is 0 Å². The molecule has 1 aromatic rings. The van der Waals surface area contributed by atoms with E-state index >= 15 is 0 Å². The van der Waals surface area contributed by atoms with Crippen LogP contribution in [-0.4, -0.2) is 50.2 Å². The molecule has 0 bridgehead atoms. The summed E-state index contributed by atoms with van der Waals surface area (Å²) in [6.07, 6.45) is 1.90. The molecule has 2 heterocycles. The summed E-state index contributed by atoms with van der Waals surface area (Å²) < 4.78 is 5.38. The summed E-state index contributed by atoms with van der Waals surface area (Å²) >= 11 is 0. The summed E-state index contributed by atoms with van der Waals surface area (Å²) in [6, 6.07) is 8.58. The van der Waals surface area contributed by atoms with Gasteiger partial charge in [-0.3, -0.25) is 9.69 Å². The molecule has 0 radical (unpaired) electrons. The van der Waals surface area contributed by atoms with Crippen LogP contribution in [0.15, 0.2) is 24.3 Å². The number of ether oxygens (including phenoxy) is 1. The minimum atomic E-state index is 0. The number of hydrogen-bond acceptors (Lipinski definition) is 4. The molecule has 2 N–H and O–H groups in total. The van der Waals surface area contributed by atoms with Crippen molar-refractivity contribution in [3.63, 3.8) is 0 Å². The van der Waals surface area contributed by atoms with E-state index < -0.39 is 0 Å². The van der Waals surface area contributed by atoms with Gasteiger partial charge in [-0.1, -0.05) is 24.3 Å². The van der Waals surface area contributed by atoms with Crippen LogP contribution in [0.5, 0.6) is 0 Å². The zero-order valence-corrected chi connectivity index (χ0v) is 16.2. The van der Waals surface area contributed by atoms with Gasteiger partial charge in [0.05, 0.1) is 13.2 Å². The first kappa shape index (κ1) is 22.2. The van der Waals surface area contributed by atoms with Crippen LogP contribution in [-0.2, 0) is 22.6 Å². The molecule has 25 heavy (non-hydrogen) atoms. The van der Waals surface area contributed by atoms with Gasteiger partial charge in [0.15, 0.2) is 0 Å². The van der Waals surface area contributed by atoms with E-state index in [1.807, 2.05) is 0 Å². The molecular formula is C18H29Cl2N3O2. The zero-order valence-electron chi connectivity index (χ0n) is 14.5. The summed E-state index contributed by atoms with van der Waals surface area (Å²) in [5.74, 6) is 0.376. The molecule has 1 amide bonds. The number of halogens is 2. The van der Waals surface area contributed by atoms with E-state index in [4.69, 9.17) is 4.74 Å². The smallest absolute Gasteiger partial charge is 0.223 e. The van der Waals surface area contributed by atoms with Crippen LogP contribution in [0.1, 0.15) is 24.0 Å². The Hall–Kier alpha value is -0.850. The van der Waals surface area contributed by atoms with Crippen molar-refractivity contribution in [1.82, 2.24) is 15.5 Å². The van der Waals surface area contributed by atoms with Crippen molar-refractivity contribution in [1.29, 1.82) is 0 Å². The molecule has 2 aliphatic heterocycles. The van der Waals surface area contributed by atoms with Crippen molar-refractivity contribution < 1.29 is 9.53 Å². The van der Waals surface area contributed by atoms with Crippen LogP contribution in [0.4, 0.5) is 0 Å². The van der Waals surface area contributed by atoms with E-state index in [9.17, 15) is 4.79 Å². The second kappa shape index (κ2) is 11.7. The van der Waals surface area contributed by atoms with Gasteiger partial charge in [-0.15, -0.1) is 24.8 Å². The van der Waals surface area contributed by atoms with Gasteiger partial charge >= 0.3 is 0 Å². The van der Waals surface area contributed by atoms with E-state index in [2.05, 4.69) is 39.8 Å². The van der Waals surface area contributed by atoms with Crippen molar-refractivity contribution in [3.8, 4) is 0 Å². The molecule has 0 atom stereocenters. The lowest BCUT2D eigenvalue weighted by atomic mass is 9.97. The van der Waals surface area contributed by atoms with E-state index in [1.54, 1.807) is 0 Å². The van der Waals surface area contributed by atoms with Crippen LogP contribution in [0, 0.1) is 5.92 Å². The standard InChI is InChI=1S/C18H27N3O2.2ClH/c22-18(17-5-7-19-8-6-17)20-13-15-1-3-16(4-2-15)14-21-9-11-23-12-10-21;;/h1-4,17,19H,5-14H2,(H,20,22);2*1H. The highest BCUT2D eigenvalue weighted by Crippen LogP contribution is 2.13. The Morgan fingerprint density at radius 3 is 2.32 bits per heavy atom. The van der Waals surface area contributed by atoms with Gasteiger partial charge in [-0.2, -0.15) is 0 Å². The van der Waals surface area contributed by atoms with Gasteiger partial charge in [0.2, 0.25) is 5.91 Å². The van der Waals surface area contributed by atoms with Crippen molar-refractivity contribution in [2.75, 3.05) is 39.4 Å². The fourth-order valence-electron chi connectivity index (χ4n) is 3.20. The quantitative estimate of drug-likeness (QED) is 0.808. The third kappa shape index (κ3) is 7.12. The molecule has 0 aliphatic carbocycles. The average Bonchev–Trinajstić information content (AvgIpc) is 2.62. The van der Waals surface area contributed by atoms with Gasteiger partial charge in [-0.05, 0) is 37.1 Å². The van der Waals surface area contributed by atoms with E-state index in [1.165, 1.54) is 5.56 Å². The summed E-state index contributed by atoms with van der Waals surface area (Å²) in [4.78, 5) is 14.6. The number of carbonyl (C=O) groups is 1. The highest BCUT2D eigenvalue weighted by Gasteiger charge is 2.20. The number of benzene rings is 1. The number of nitrogens with one attached hydrogen (secondary N) is 2. The molecule has 142 valence electrons. The van der Waals surface area contributed by atoms with Crippen molar-refractivity contribution >= 4 is 30.7 Å². The molecule has 0 unspecified atom stereocenters. The predicted octanol–water partition coefficient (Wildman–Crippen LogP) is 1.98. The fourth-order valence-corrected chi connectivity index (χ4v) is 3.20. The number of rotatable bonds is 5. The van der Waals surface area contributed by atoms with Crippen LogP contribution in [0.3, 0.4) is 0 Å². The monoisotopic (exact) mass is 389 g/mol. The van der Waals surface area contributed by atoms with Crippen LogP contribution < -0.4 is 10.6 Å². The maximum atomic E-state index is 12.1. The summed E-state index contributed by atoms with van der Waals surface area (Å²) in [7, 11) is 0. The minimum Gasteiger partial charge on any atom is -0.379 e. The summed E-state index contributed by atoms with van der Waals surface area (Å²) in [6.45, 7) is 7.19. The first-order valence-electron chi connectivity index (χ1n) is 8.67. The molecule has 0 saturated carbocycles. The first-order valence-corrected chi connectivity index (χ1v) is 8.67. The molecule has 2 fully saturated rings. The number of carbonyl (C=O) groups excluding carboxylic acids is 1. The van der Waals surface area contributed by atoms with E-state index in [0.717, 1.165) is 64.3 Å². The lowest BCUT2D eigenvalue weighted by Crippen LogP contribution is -2.37. The Kier molecular flexibility index (Phi) is 10.4. The molecule has 0 aromatic heterocycles. The normalized spacial score (nSPS) is 18.7. The molecular weight excluding hydrogens is 361 g/mol. The number of hydrogen-bond donors (Lipinski definition) is 2. The molecule has 5 nitrogen and oxygen atoms in total. The second-order valence-electron chi connectivity index (χ2n) is 6.45. The minimum absolute atomic E-state index is 0. The van der Waals surface area contributed by atoms with Crippen molar-refractivity contribution in [2.24, 2.45) is 5.92 Å². The third-order valence-electron chi connectivity index (χ3n) is 4.71. The number of morpholine rings is 1. The topological polar surface area (TPSA) is 53.6 Å². The van der Waals surface area contributed by atoms with Crippen LogP contribution in [0.25, 0.3) is 0 Å². The van der Waals surface area contributed by atoms with Crippen LogP contribution >= 0.6 is 24.8 Å².